The van der Waals surface area contributed by atoms with Crippen LogP contribution in [0.4, 0.5) is 0 Å². The summed E-state index contributed by atoms with van der Waals surface area (Å²) in [5, 5.41) is 8.66. The van der Waals surface area contributed by atoms with Crippen LogP contribution < -0.4 is 0 Å². The minimum Gasteiger partial charge on any atom is -0.481 e. The Labute approximate surface area is 59.0 Å². The molecule has 0 unspecified atom stereocenters. The molecule has 0 amide bonds. The molecule has 2 aliphatic heterocycles. The summed E-state index contributed by atoms with van der Waals surface area (Å²) in [4.78, 5) is 10.5. The van der Waals surface area contributed by atoms with Gasteiger partial charge in [-0.15, -0.1) is 0 Å². The number of hydrogen-bond donors (Lipinski definition) is 1. The highest BCUT2D eigenvalue weighted by Gasteiger charge is 2.44. The van der Waals surface area contributed by atoms with Gasteiger partial charge in [0.25, 0.3) is 0 Å². The Morgan fingerprint density at radius 3 is 2.60 bits per heavy atom. The molecule has 3 heteroatoms. The Bertz CT molecular complexity index is 166. The van der Waals surface area contributed by atoms with E-state index in [-0.39, 0.29) is 18.1 Å². The van der Waals surface area contributed by atoms with Gasteiger partial charge >= 0.3 is 5.97 Å². The van der Waals surface area contributed by atoms with Crippen LogP contribution in [0.1, 0.15) is 19.3 Å². The third-order valence-electron chi connectivity index (χ3n) is 2.42. The van der Waals surface area contributed by atoms with E-state index in [4.69, 9.17) is 9.84 Å². The average molecular weight is 142 g/mol. The molecule has 2 saturated heterocycles. The van der Waals surface area contributed by atoms with Crippen molar-refractivity contribution in [3.05, 3.63) is 0 Å². The molecule has 2 fully saturated rings. The minimum absolute atomic E-state index is 0.0301. The largest absolute Gasteiger partial charge is 0.481 e. The number of hydrogen-bond acceptors (Lipinski definition) is 2. The highest BCUT2D eigenvalue weighted by Crippen LogP contribution is 2.38. The SMILES string of the molecule is O=C(O)[C@@H]1C[C@@H]2CC[C@H]1O2. The van der Waals surface area contributed by atoms with Crippen LogP contribution >= 0.6 is 0 Å². The fraction of sp³-hybridized carbons (Fsp3) is 0.857. The Hall–Kier alpha value is -0.570. The average Bonchev–Trinajstić information content (AvgIpc) is 2.44. The molecule has 3 nitrogen and oxygen atoms in total. The van der Waals surface area contributed by atoms with Gasteiger partial charge in [0, 0.05) is 0 Å². The molecule has 0 aliphatic carbocycles. The lowest BCUT2D eigenvalue weighted by atomic mass is 9.89. The second-order valence-corrected chi connectivity index (χ2v) is 3.05. The Kier molecular flexibility index (Phi) is 1.20. The lowest BCUT2D eigenvalue weighted by Crippen LogP contribution is -2.24. The summed E-state index contributed by atoms with van der Waals surface area (Å²) in [5.41, 5.74) is 0. The zero-order valence-electron chi connectivity index (χ0n) is 5.62. The molecular formula is C7H10O3. The first kappa shape index (κ1) is 6.16. The Balaban J connectivity index is 2.08. The zero-order chi connectivity index (χ0) is 7.14. The molecular weight excluding hydrogens is 132 g/mol. The second-order valence-electron chi connectivity index (χ2n) is 3.05. The van der Waals surface area contributed by atoms with Crippen LogP contribution in [0.5, 0.6) is 0 Å². The fourth-order valence-corrected chi connectivity index (χ4v) is 1.90. The maximum absolute atomic E-state index is 10.5. The van der Waals surface area contributed by atoms with Gasteiger partial charge in [-0.2, -0.15) is 0 Å². The van der Waals surface area contributed by atoms with Crippen molar-refractivity contribution in [3.63, 3.8) is 0 Å². The van der Waals surface area contributed by atoms with E-state index in [1.807, 2.05) is 0 Å². The van der Waals surface area contributed by atoms with Gasteiger partial charge < -0.3 is 9.84 Å². The number of fused-ring (bicyclic) bond motifs is 2. The van der Waals surface area contributed by atoms with E-state index in [1.54, 1.807) is 0 Å². The van der Waals surface area contributed by atoms with Gasteiger partial charge in [-0.05, 0) is 19.3 Å². The summed E-state index contributed by atoms with van der Waals surface area (Å²) in [6.07, 6.45) is 3.03. The first-order chi connectivity index (χ1) is 4.77. The van der Waals surface area contributed by atoms with Crippen molar-refractivity contribution in [2.75, 3.05) is 0 Å². The molecule has 10 heavy (non-hydrogen) atoms. The van der Waals surface area contributed by atoms with E-state index in [9.17, 15) is 4.79 Å². The van der Waals surface area contributed by atoms with Crippen molar-refractivity contribution in [2.45, 2.75) is 31.5 Å². The summed E-state index contributed by atoms with van der Waals surface area (Å²) in [6.45, 7) is 0. The molecule has 0 spiro atoms. The first-order valence-electron chi connectivity index (χ1n) is 3.65. The highest BCUT2D eigenvalue weighted by atomic mass is 16.5. The van der Waals surface area contributed by atoms with E-state index in [1.165, 1.54) is 0 Å². The summed E-state index contributed by atoms with van der Waals surface area (Å²) in [7, 11) is 0. The molecule has 0 aromatic carbocycles. The standard InChI is InChI=1S/C7H10O3/c8-7(9)5-3-4-1-2-6(5)10-4/h4-6H,1-3H2,(H,8,9)/t4-,5+,6+/m0/s1. The number of aliphatic carboxylic acids is 1. The quantitative estimate of drug-likeness (QED) is 0.584. The number of carboxylic acids is 1. The lowest BCUT2D eigenvalue weighted by molar-refractivity contribution is -0.143. The van der Waals surface area contributed by atoms with Crippen LogP contribution in [0, 0.1) is 5.92 Å². The van der Waals surface area contributed by atoms with Crippen molar-refractivity contribution >= 4 is 5.97 Å². The van der Waals surface area contributed by atoms with Crippen LogP contribution in [0.15, 0.2) is 0 Å². The fourth-order valence-electron chi connectivity index (χ4n) is 1.90. The number of ether oxygens (including phenoxy) is 1. The van der Waals surface area contributed by atoms with Crippen molar-refractivity contribution in [1.29, 1.82) is 0 Å². The van der Waals surface area contributed by atoms with E-state index in [0.29, 0.717) is 0 Å². The summed E-state index contributed by atoms with van der Waals surface area (Å²) in [6, 6.07) is 0. The van der Waals surface area contributed by atoms with Crippen LogP contribution in [-0.4, -0.2) is 23.3 Å². The predicted octanol–water partition coefficient (Wildman–Crippen LogP) is 0.639. The van der Waals surface area contributed by atoms with Crippen molar-refractivity contribution in [1.82, 2.24) is 0 Å². The lowest BCUT2D eigenvalue weighted by Gasteiger charge is -2.12. The molecule has 56 valence electrons. The van der Waals surface area contributed by atoms with Crippen molar-refractivity contribution in [3.8, 4) is 0 Å². The van der Waals surface area contributed by atoms with Crippen LogP contribution in [0.2, 0.25) is 0 Å². The highest BCUT2D eigenvalue weighted by molar-refractivity contribution is 5.71. The second kappa shape index (κ2) is 1.95. The summed E-state index contributed by atoms with van der Waals surface area (Å²) in [5.74, 6) is -0.897. The van der Waals surface area contributed by atoms with Gasteiger partial charge in [0.15, 0.2) is 0 Å². The van der Waals surface area contributed by atoms with Crippen molar-refractivity contribution in [2.24, 2.45) is 5.92 Å². The van der Waals surface area contributed by atoms with Crippen molar-refractivity contribution < 1.29 is 14.6 Å². The van der Waals surface area contributed by atoms with Crippen LogP contribution in [-0.2, 0) is 9.53 Å². The van der Waals surface area contributed by atoms with Crippen LogP contribution in [0.25, 0.3) is 0 Å². The van der Waals surface area contributed by atoms with Gasteiger partial charge in [0.05, 0.1) is 18.1 Å². The molecule has 2 aliphatic rings. The predicted molar refractivity (Wildman–Crippen MR) is 33.6 cm³/mol. The molecule has 0 aromatic heterocycles. The maximum atomic E-state index is 10.5. The Morgan fingerprint density at radius 1 is 1.50 bits per heavy atom. The number of carbonyl (C=O) groups is 1. The molecule has 0 saturated carbocycles. The van der Waals surface area contributed by atoms with E-state index < -0.39 is 5.97 Å². The summed E-state index contributed by atoms with van der Waals surface area (Å²) < 4.78 is 5.37. The third-order valence-corrected chi connectivity index (χ3v) is 2.42. The van der Waals surface area contributed by atoms with Gasteiger partial charge in [0.2, 0.25) is 0 Å². The zero-order valence-corrected chi connectivity index (χ0v) is 5.62. The van der Waals surface area contributed by atoms with Gasteiger partial charge in [-0.1, -0.05) is 0 Å². The molecule has 2 rings (SSSR count). The molecule has 1 N–H and O–H groups in total. The Morgan fingerprint density at radius 2 is 2.30 bits per heavy atom. The van der Waals surface area contributed by atoms with Gasteiger partial charge in [-0.25, -0.2) is 0 Å². The smallest absolute Gasteiger partial charge is 0.309 e. The van der Waals surface area contributed by atoms with Crippen LogP contribution in [0.3, 0.4) is 0 Å². The molecule has 2 bridgehead atoms. The molecule has 0 aromatic rings. The molecule has 3 atom stereocenters. The number of carboxylic acid groups (broad SMARTS) is 1. The third kappa shape index (κ3) is 0.736. The molecule has 2 heterocycles. The van der Waals surface area contributed by atoms with E-state index in [2.05, 4.69) is 0 Å². The monoisotopic (exact) mass is 142 g/mol. The first-order valence-corrected chi connectivity index (χ1v) is 3.65. The number of rotatable bonds is 1. The normalized spacial score (nSPS) is 44.2. The van der Waals surface area contributed by atoms with Gasteiger partial charge in [-0.3, -0.25) is 4.79 Å². The summed E-state index contributed by atoms with van der Waals surface area (Å²) >= 11 is 0. The minimum atomic E-state index is -0.688. The topological polar surface area (TPSA) is 46.5 Å². The van der Waals surface area contributed by atoms with E-state index >= 15 is 0 Å². The maximum Gasteiger partial charge on any atom is 0.309 e. The van der Waals surface area contributed by atoms with Gasteiger partial charge in [0.1, 0.15) is 0 Å². The van der Waals surface area contributed by atoms with E-state index in [0.717, 1.165) is 19.3 Å². The molecule has 0 radical (unpaired) electrons.